The van der Waals surface area contributed by atoms with Crippen LogP contribution in [-0.2, 0) is 17.8 Å². The van der Waals surface area contributed by atoms with E-state index in [9.17, 15) is 8.60 Å². The highest BCUT2D eigenvalue weighted by atomic mass is 32.2. The van der Waals surface area contributed by atoms with Gasteiger partial charge in [-0.2, -0.15) is 0 Å². The van der Waals surface area contributed by atoms with Gasteiger partial charge in [-0.15, -0.1) is 0 Å². The lowest BCUT2D eigenvalue weighted by Gasteiger charge is -2.36. The zero-order chi connectivity index (χ0) is 18.2. The van der Waals surface area contributed by atoms with Gasteiger partial charge in [0.25, 0.3) is 0 Å². The third-order valence-corrected chi connectivity index (χ3v) is 4.88. The Hall–Kier alpha value is -2.02. The maximum absolute atomic E-state index is 13.3. The molecule has 132 valence electrons. The van der Waals surface area contributed by atoms with E-state index in [-0.39, 0.29) is 12.4 Å². The first-order valence-corrected chi connectivity index (χ1v) is 9.02. The zero-order valence-electron chi connectivity index (χ0n) is 14.3. The van der Waals surface area contributed by atoms with Crippen LogP contribution in [-0.4, -0.2) is 14.4 Å². The third kappa shape index (κ3) is 3.66. The Bertz CT molecular complexity index is 859. The number of ether oxygens (including phenoxy) is 1. The molecule has 0 spiro atoms. The third-order valence-electron chi connectivity index (χ3n) is 4.49. The fraction of sp³-hybridized carbons (Fsp3) is 0.263. The molecule has 25 heavy (non-hydrogen) atoms. The van der Waals surface area contributed by atoms with Gasteiger partial charge in [0.2, 0.25) is 11.3 Å². The first-order chi connectivity index (χ1) is 11.8. The van der Waals surface area contributed by atoms with Crippen molar-refractivity contribution in [1.82, 2.24) is 4.72 Å². The van der Waals surface area contributed by atoms with Gasteiger partial charge in [0.15, 0.2) is 0 Å². The monoisotopic (exact) mass is 361 g/mol. The molecule has 6 heteroatoms. The fourth-order valence-electron chi connectivity index (χ4n) is 2.96. The van der Waals surface area contributed by atoms with Gasteiger partial charge in [-0.25, -0.2) is 13.3 Å². The molecule has 1 aliphatic rings. The average Bonchev–Trinajstić information content (AvgIpc) is 2.55. The number of benzene rings is 2. The number of hydrogen-bond acceptors (Lipinski definition) is 2. The van der Waals surface area contributed by atoms with Crippen molar-refractivity contribution in [2.75, 3.05) is 0 Å². The molecule has 2 aromatic rings. The maximum Gasteiger partial charge on any atom is 0.232 e. The molecule has 2 N–H and O–H groups in total. The predicted molar refractivity (Wildman–Crippen MR) is 96.9 cm³/mol. The molecule has 0 aliphatic carbocycles. The maximum atomic E-state index is 13.3. The summed E-state index contributed by atoms with van der Waals surface area (Å²) in [5.74, 6) is 0.435. The van der Waals surface area contributed by atoms with Crippen LogP contribution < -0.4 is 9.46 Å². The molecule has 2 aromatic carbocycles. The van der Waals surface area contributed by atoms with Crippen LogP contribution >= 0.6 is 0 Å². The van der Waals surface area contributed by atoms with Gasteiger partial charge in [0.1, 0.15) is 17.2 Å². The van der Waals surface area contributed by atoms with E-state index < -0.39 is 16.9 Å². The van der Waals surface area contributed by atoms with Crippen LogP contribution in [0, 0.1) is 5.82 Å². The fourth-order valence-corrected chi connectivity index (χ4v) is 3.25. The van der Waals surface area contributed by atoms with E-state index >= 15 is 0 Å². The van der Waals surface area contributed by atoms with Crippen LogP contribution in [0.15, 0.2) is 48.0 Å². The summed E-state index contributed by atoms with van der Waals surface area (Å²) in [4.78, 5) is 0. The second kappa shape index (κ2) is 6.71. The molecule has 1 heterocycles. The molecule has 0 fully saturated rings. The number of fused-ring (bicyclic) bond motifs is 1. The van der Waals surface area contributed by atoms with Crippen LogP contribution in [0.2, 0.25) is 0 Å². The number of hydrogen-bond donors (Lipinski definition) is 2. The minimum atomic E-state index is -2.06. The molecule has 0 aromatic heterocycles. The zero-order valence-corrected chi connectivity index (χ0v) is 15.1. The van der Waals surface area contributed by atoms with E-state index in [1.54, 1.807) is 12.1 Å². The molecule has 1 unspecified atom stereocenters. The lowest BCUT2D eigenvalue weighted by Crippen LogP contribution is -2.34. The lowest BCUT2D eigenvalue weighted by atomic mass is 9.83. The summed E-state index contributed by atoms with van der Waals surface area (Å²) in [6.45, 7) is 6.26. The van der Waals surface area contributed by atoms with Crippen LogP contribution in [0.25, 0.3) is 5.57 Å². The SMILES string of the molecule is CC1=C(c2ccc(F)cc2)c2ccc(CNS(=O)O)cc2OC1(C)C. The van der Waals surface area contributed by atoms with Gasteiger partial charge in [-0.3, -0.25) is 4.55 Å². The van der Waals surface area contributed by atoms with E-state index in [0.717, 1.165) is 27.8 Å². The van der Waals surface area contributed by atoms with Gasteiger partial charge in [-0.05, 0) is 61.2 Å². The number of nitrogens with one attached hydrogen (secondary N) is 1. The van der Waals surface area contributed by atoms with E-state index in [2.05, 4.69) is 4.72 Å². The van der Waals surface area contributed by atoms with Crippen molar-refractivity contribution < 1.29 is 17.9 Å². The van der Waals surface area contributed by atoms with Gasteiger partial charge in [0.05, 0.1) is 0 Å². The molecule has 0 saturated heterocycles. The van der Waals surface area contributed by atoms with E-state index in [0.29, 0.717) is 5.75 Å². The van der Waals surface area contributed by atoms with Crippen LogP contribution in [0.3, 0.4) is 0 Å². The van der Waals surface area contributed by atoms with Gasteiger partial charge in [0, 0.05) is 12.1 Å². The standard InChI is InChI=1S/C19H20FNO3S/c1-12-18(14-5-7-15(20)8-6-14)16-9-4-13(11-21-25(22)23)10-17(16)24-19(12,2)3/h4-10,21H,11H2,1-3H3,(H,22,23). The molecule has 4 nitrogen and oxygen atoms in total. The van der Waals surface area contributed by atoms with Crippen LogP contribution in [0.5, 0.6) is 5.75 Å². The number of halogens is 1. The summed E-state index contributed by atoms with van der Waals surface area (Å²) >= 11 is -2.06. The Morgan fingerprint density at radius 2 is 1.88 bits per heavy atom. The molecule has 0 saturated carbocycles. The van der Waals surface area contributed by atoms with Gasteiger partial charge >= 0.3 is 0 Å². The molecule has 3 rings (SSSR count). The second-order valence-electron chi connectivity index (χ2n) is 6.52. The number of rotatable bonds is 4. The minimum Gasteiger partial charge on any atom is -0.483 e. The predicted octanol–water partition coefficient (Wildman–Crippen LogP) is 4.04. The highest BCUT2D eigenvalue weighted by molar-refractivity contribution is 7.77. The summed E-state index contributed by atoms with van der Waals surface area (Å²) in [7, 11) is 0. The summed E-state index contributed by atoms with van der Waals surface area (Å²) < 4.78 is 41.6. The van der Waals surface area contributed by atoms with Crippen molar-refractivity contribution in [1.29, 1.82) is 0 Å². The Morgan fingerprint density at radius 1 is 1.20 bits per heavy atom. The van der Waals surface area contributed by atoms with E-state index in [1.165, 1.54) is 12.1 Å². The normalized spacial score (nSPS) is 17.0. The van der Waals surface area contributed by atoms with Gasteiger partial charge in [-0.1, -0.05) is 24.3 Å². The van der Waals surface area contributed by atoms with Crippen molar-refractivity contribution in [3.8, 4) is 5.75 Å². The van der Waals surface area contributed by atoms with Crippen molar-refractivity contribution in [2.45, 2.75) is 32.9 Å². The van der Waals surface area contributed by atoms with Crippen LogP contribution in [0.4, 0.5) is 4.39 Å². The van der Waals surface area contributed by atoms with Crippen molar-refractivity contribution >= 4 is 16.8 Å². The lowest BCUT2D eigenvalue weighted by molar-refractivity contribution is 0.144. The summed E-state index contributed by atoms with van der Waals surface area (Å²) in [5, 5.41) is 0. The molecular formula is C19H20FNO3S. The van der Waals surface area contributed by atoms with Crippen LogP contribution in [0.1, 0.15) is 37.5 Å². The van der Waals surface area contributed by atoms with E-state index in [4.69, 9.17) is 9.29 Å². The topological polar surface area (TPSA) is 58.6 Å². The molecule has 1 atom stereocenters. The van der Waals surface area contributed by atoms with Crippen molar-refractivity contribution in [3.63, 3.8) is 0 Å². The summed E-state index contributed by atoms with van der Waals surface area (Å²) in [6.07, 6.45) is 0. The highest BCUT2D eigenvalue weighted by Gasteiger charge is 2.32. The summed E-state index contributed by atoms with van der Waals surface area (Å²) in [5.41, 5.74) is 4.28. The molecule has 1 aliphatic heterocycles. The second-order valence-corrected chi connectivity index (χ2v) is 7.31. The quantitative estimate of drug-likeness (QED) is 0.808. The Morgan fingerprint density at radius 3 is 2.52 bits per heavy atom. The average molecular weight is 361 g/mol. The molecular weight excluding hydrogens is 341 g/mol. The van der Waals surface area contributed by atoms with Gasteiger partial charge < -0.3 is 4.74 Å². The Kier molecular flexibility index (Phi) is 4.77. The smallest absolute Gasteiger partial charge is 0.232 e. The molecule has 0 radical (unpaired) electrons. The first kappa shape index (κ1) is 17.8. The largest absolute Gasteiger partial charge is 0.483 e. The molecule has 0 amide bonds. The van der Waals surface area contributed by atoms with E-state index in [1.807, 2.05) is 39.0 Å². The Labute approximate surface area is 149 Å². The molecule has 0 bridgehead atoms. The van der Waals surface area contributed by atoms with Crippen molar-refractivity contribution in [2.24, 2.45) is 0 Å². The van der Waals surface area contributed by atoms with Crippen molar-refractivity contribution in [3.05, 3.63) is 70.5 Å². The Balaban J connectivity index is 2.08. The summed E-state index contributed by atoms with van der Waals surface area (Å²) in [6, 6.07) is 12.1. The first-order valence-electron chi connectivity index (χ1n) is 7.92. The highest BCUT2D eigenvalue weighted by Crippen LogP contribution is 2.44. The minimum absolute atomic E-state index is 0.259.